The summed E-state index contributed by atoms with van der Waals surface area (Å²) in [6, 6.07) is 33.3. The van der Waals surface area contributed by atoms with Crippen molar-refractivity contribution in [2.45, 2.75) is 16.7 Å². The molecule has 1 saturated heterocycles. The maximum atomic E-state index is 13.9. The monoisotopic (exact) mass is 816 g/mol. The van der Waals surface area contributed by atoms with Gasteiger partial charge in [0.2, 0.25) is 0 Å². The van der Waals surface area contributed by atoms with Gasteiger partial charge < -0.3 is 19.9 Å². The molecule has 1 aromatic heterocycles. The van der Waals surface area contributed by atoms with Crippen molar-refractivity contribution < 1.29 is 27.7 Å². The highest BCUT2D eigenvalue weighted by Crippen LogP contribution is 2.33. The Labute approximate surface area is 340 Å². The summed E-state index contributed by atoms with van der Waals surface area (Å²) in [5, 5.41) is 16.6. The number of aromatic nitrogens is 1. The van der Waals surface area contributed by atoms with Gasteiger partial charge in [-0.25, -0.2) is 13.1 Å². The van der Waals surface area contributed by atoms with E-state index in [1.807, 2.05) is 89.3 Å². The first-order valence-electron chi connectivity index (χ1n) is 18.6. The highest BCUT2D eigenvalue weighted by molar-refractivity contribution is 7.99. The molecule has 2 amide bonds. The van der Waals surface area contributed by atoms with Gasteiger partial charge in [0.1, 0.15) is 11.4 Å². The molecular formula is C43H40N6O7S2. The topological polar surface area (TPSA) is 164 Å². The van der Waals surface area contributed by atoms with Crippen LogP contribution >= 0.6 is 11.8 Å². The summed E-state index contributed by atoms with van der Waals surface area (Å²) in [5.41, 5.74) is 3.13. The number of carbonyl (C=O) groups is 2. The van der Waals surface area contributed by atoms with Crippen LogP contribution in [-0.4, -0.2) is 80.1 Å². The number of benzene rings is 5. The Morgan fingerprint density at radius 1 is 0.862 bits per heavy atom. The van der Waals surface area contributed by atoms with Gasteiger partial charge in [-0.2, -0.15) is 0 Å². The lowest BCUT2D eigenvalue weighted by Crippen LogP contribution is -2.48. The van der Waals surface area contributed by atoms with Crippen LogP contribution in [-0.2, 0) is 10.0 Å². The Bertz CT molecular complexity index is 2570. The highest BCUT2D eigenvalue weighted by atomic mass is 32.2. The van der Waals surface area contributed by atoms with Crippen molar-refractivity contribution in [3.8, 4) is 16.9 Å². The largest absolute Gasteiger partial charge is 0.492 e. The Hall–Kier alpha value is -6.45. The molecule has 0 spiro atoms. The van der Waals surface area contributed by atoms with E-state index in [-0.39, 0.29) is 17.2 Å². The summed E-state index contributed by atoms with van der Waals surface area (Å²) in [7, 11) is -4.44. The van der Waals surface area contributed by atoms with Gasteiger partial charge in [-0.1, -0.05) is 48.5 Å². The van der Waals surface area contributed by atoms with Gasteiger partial charge in [0.05, 0.1) is 22.6 Å². The van der Waals surface area contributed by atoms with Gasteiger partial charge in [0.25, 0.3) is 27.5 Å². The number of hydrogen-bond acceptors (Lipinski definition) is 11. The minimum atomic E-state index is -4.44. The summed E-state index contributed by atoms with van der Waals surface area (Å²) in [4.78, 5) is 47.1. The van der Waals surface area contributed by atoms with Crippen LogP contribution in [0.1, 0.15) is 27.6 Å². The number of nitro benzene ring substituents is 1. The van der Waals surface area contributed by atoms with Crippen LogP contribution in [0.2, 0.25) is 0 Å². The maximum absolute atomic E-state index is 13.9. The molecule has 5 aromatic carbocycles. The second-order valence-corrected chi connectivity index (χ2v) is 16.2. The zero-order valence-electron chi connectivity index (χ0n) is 31.5. The molecule has 1 fully saturated rings. The molecule has 0 bridgehead atoms. The highest BCUT2D eigenvalue weighted by Gasteiger charge is 2.26. The number of ether oxygens (including phenoxy) is 1. The van der Waals surface area contributed by atoms with Gasteiger partial charge in [-0.05, 0) is 83.9 Å². The number of hydrogen-bond donors (Lipinski definition) is 2. The molecule has 15 heteroatoms. The third-order valence-corrected chi connectivity index (χ3v) is 12.0. The van der Waals surface area contributed by atoms with Gasteiger partial charge in [-0.3, -0.25) is 24.7 Å². The molecule has 1 aliphatic heterocycles. The zero-order valence-corrected chi connectivity index (χ0v) is 33.2. The molecule has 1 aliphatic rings. The normalized spacial score (nSPS) is 12.9. The fourth-order valence-electron chi connectivity index (χ4n) is 6.80. The summed E-state index contributed by atoms with van der Waals surface area (Å²) >= 11 is 1.58. The predicted molar refractivity (Wildman–Crippen MR) is 226 cm³/mol. The molecule has 6 aromatic rings. The first-order valence-corrected chi connectivity index (χ1v) is 21.1. The van der Waals surface area contributed by atoms with E-state index in [1.54, 1.807) is 36.3 Å². The smallest absolute Gasteiger partial charge is 0.293 e. The van der Waals surface area contributed by atoms with E-state index in [9.17, 15) is 28.1 Å². The van der Waals surface area contributed by atoms with E-state index in [0.29, 0.717) is 56.4 Å². The number of piperazine rings is 1. The number of nitrogens with one attached hydrogen (secondary N) is 2. The van der Waals surface area contributed by atoms with Gasteiger partial charge in [0.15, 0.2) is 0 Å². The number of anilines is 2. The molecule has 0 aliphatic carbocycles. The molecule has 0 saturated carbocycles. The van der Waals surface area contributed by atoms with Crippen LogP contribution in [0.15, 0.2) is 137 Å². The van der Waals surface area contributed by atoms with E-state index in [2.05, 4.69) is 15.2 Å². The van der Waals surface area contributed by atoms with Crippen molar-refractivity contribution in [3.05, 3.63) is 149 Å². The molecule has 0 atom stereocenters. The van der Waals surface area contributed by atoms with Crippen molar-refractivity contribution in [2.75, 3.05) is 55.3 Å². The summed E-state index contributed by atoms with van der Waals surface area (Å²) in [6.45, 7) is 4.91. The van der Waals surface area contributed by atoms with Crippen LogP contribution in [0, 0.1) is 10.1 Å². The number of rotatable bonds is 14. The van der Waals surface area contributed by atoms with Crippen molar-refractivity contribution in [2.24, 2.45) is 0 Å². The number of sulfonamides is 1. The van der Waals surface area contributed by atoms with Crippen molar-refractivity contribution in [3.63, 3.8) is 0 Å². The molecule has 13 nitrogen and oxygen atoms in total. The molecule has 2 N–H and O–H groups in total. The van der Waals surface area contributed by atoms with Crippen molar-refractivity contribution in [1.82, 2.24) is 14.6 Å². The van der Waals surface area contributed by atoms with E-state index < -0.39 is 31.4 Å². The average Bonchev–Trinajstić information content (AvgIpc) is 3.25. The minimum Gasteiger partial charge on any atom is -0.492 e. The number of amides is 2. The van der Waals surface area contributed by atoms with Gasteiger partial charge in [-0.15, -0.1) is 11.8 Å². The fourth-order valence-corrected chi connectivity index (χ4v) is 8.58. The number of nitro groups is 1. The van der Waals surface area contributed by atoms with E-state index in [0.717, 1.165) is 38.5 Å². The van der Waals surface area contributed by atoms with Crippen LogP contribution in [0.3, 0.4) is 0 Å². The number of fused-ring (bicyclic) bond motifs is 1. The lowest BCUT2D eigenvalue weighted by molar-refractivity contribution is -0.384. The van der Waals surface area contributed by atoms with Crippen LogP contribution in [0.25, 0.3) is 21.9 Å². The molecular weight excluding hydrogens is 777 g/mol. The van der Waals surface area contributed by atoms with Crippen LogP contribution < -0.4 is 19.7 Å². The van der Waals surface area contributed by atoms with Gasteiger partial charge in [0, 0.05) is 78.0 Å². The third kappa shape index (κ3) is 9.06. The van der Waals surface area contributed by atoms with Crippen LogP contribution in [0.4, 0.5) is 17.1 Å². The first kappa shape index (κ1) is 39.8. The molecule has 296 valence electrons. The zero-order chi connectivity index (χ0) is 40.6. The van der Waals surface area contributed by atoms with E-state index in [4.69, 9.17) is 4.74 Å². The fraction of sp³-hybridized carbons (Fsp3) is 0.186. The maximum Gasteiger partial charge on any atom is 0.293 e. The number of thioether (sulfide) groups is 1. The van der Waals surface area contributed by atoms with Gasteiger partial charge >= 0.3 is 0 Å². The predicted octanol–water partition coefficient (Wildman–Crippen LogP) is 7.49. The average molecular weight is 817 g/mol. The Balaban J connectivity index is 0.957. The second-order valence-electron chi connectivity index (χ2n) is 13.3. The van der Waals surface area contributed by atoms with Crippen molar-refractivity contribution >= 4 is 61.4 Å². The summed E-state index contributed by atoms with van der Waals surface area (Å²) in [5.74, 6) is 0.370. The Morgan fingerprint density at radius 2 is 1.59 bits per heavy atom. The van der Waals surface area contributed by atoms with E-state index in [1.165, 1.54) is 24.3 Å². The minimum absolute atomic E-state index is 0.0639. The lowest BCUT2D eigenvalue weighted by Gasteiger charge is -2.36. The summed E-state index contributed by atoms with van der Waals surface area (Å²) < 4.78 is 34.1. The number of pyridine rings is 1. The van der Waals surface area contributed by atoms with E-state index >= 15 is 0 Å². The molecule has 0 unspecified atom stereocenters. The quantitative estimate of drug-likeness (QED) is 0.0485. The number of nitrogens with zero attached hydrogens (tertiary/aromatic N) is 4. The third-order valence-electron chi connectivity index (χ3n) is 9.68. The summed E-state index contributed by atoms with van der Waals surface area (Å²) in [6.07, 6.45) is 3.46. The Kier molecular flexibility index (Phi) is 12.2. The Morgan fingerprint density at radius 3 is 2.31 bits per heavy atom. The number of carbonyl (C=O) groups excluding carboxylic acids is 2. The SMILES string of the molecule is CCOc1cncc(-c2ccc(C(=O)N3CCN(c4ccc(C(=O)NS(=O)(=O)c5ccc(NCCSc6ccccc6)c([N+](=O)[O-])c5)cc4)CC3)c3ccccc23)c1. The molecule has 0 radical (unpaired) electrons. The standard InChI is InChI=1S/C43H40N6O7S2/c1-2-56-33-26-31(28-44-29-33)36-17-18-39(38-11-7-6-10-37(36)38)43(51)48-23-21-47(22-24-48)32-14-12-30(13-15-32)42(50)46-58(54,55)35-16-19-40(41(27-35)49(52)53)45-20-25-57-34-8-4-3-5-9-34/h3-19,26-29,45H,2,20-25H2,1H3,(H,46,50). The lowest BCUT2D eigenvalue weighted by atomic mass is 9.95. The second kappa shape index (κ2) is 17.8. The van der Waals surface area contributed by atoms with Crippen LogP contribution in [0.5, 0.6) is 5.75 Å². The van der Waals surface area contributed by atoms with Crippen molar-refractivity contribution in [1.29, 1.82) is 0 Å². The first-order chi connectivity index (χ1) is 28.1. The molecule has 2 heterocycles. The molecule has 7 rings (SSSR count). The molecule has 58 heavy (non-hydrogen) atoms.